The normalized spacial score (nSPS) is 28.2. The molecule has 0 radical (unpaired) electrons. The molecule has 0 aliphatic carbocycles. The van der Waals surface area contributed by atoms with Crippen LogP contribution in [0.25, 0.3) is 21.8 Å². The van der Waals surface area contributed by atoms with E-state index in [1.807, 2.05) is 24.1 Å². The van der Waals surface area contributed by atoms with E-state index in [1.165, 1.54) is 12.8 Å². The molecule has 0 saturated carbocycles. The van der Waals surface area contributed by atoms with Crippen molar-refractivity contribution in [2.75, 3.05) is 7.05 Å². The number of hydrogen-bond donors (Lipinski definition) is 2. The van der Waals surface area contributed by atoms with Crippen LogP contribution in [0.1, 0.15) is 37.2 Å². The number of fused-ring (bicyclic) bond motifs is 2. The molecule has 120 valence electrons. The van der Waals surface area contributed by atoms with Crippen LogP contribution in [-0.4, -0.2) is 38.8 Å². The predicted octanol–water partition coefficient (Wildman–Crippen LogP) is 2.69. The molecule has 2 atom stereocenters. The number of benzene rings is 1. The van der Waals surface area contributed by atoms with Crippen LogP contribution >= 0.6 is 0 Å². The molecule has 0 amide bonds. The number of rotatable bonds is 1. The van der Waals surface area contributed by atoms with Crippen LogP contribution in [0.4, 0.5) is 0 Å². The second-order valence-electron chi connectivity index (χ2n) is 7.36. The number of piperidine rings is 1. The molecule has 2 aromatic heterocycles. The molecule has 0 spiro atoms. The van der Waals surface area contributed by atoms with Gasteiger partial charge in [-0.05, 0) is 44.7 Å². The predicted molar refractivity (Wildman–Crippen MR) is 91.9 cm³/mol. The molecule has 2 aliphatic heterocycles. The molecule has 2 unspecified atom stereocenters. The zero-order valence-electron chi connectivity index (χ0n) is 13.6. The van der Waals surface area contributed by atoms with Crippen LogP contribution in [0.3, 0.4) is 0 Å². The van der Waals surface area contributed by atoms with Gasteiger partial charge in [0.05, 0.1) is 11.0 Å². The number of nitrogens with one attached hydrogen (secondary N) is 2. The van der Waals surface area contributed by atoms with Gasteiger partial charge in [-0.3, -0.25) is 14.6 Å². The number of aromatic nitrogens is 3. The molecule has 5 nitrogen and oxygen atoms in total. The molecule has 2 bridgehead atoms. The van der Waals surface area contributed by atoms with Gasteiger partial charge in [0.2, 0.25) is 0 Å². The number of pyridine rings is 1. The molecule has 4 heterocycles. The Labute approximate surface area is 134 Å². The van der Waals surface area contributed by atoms with Crippen molar-refractivity contribution in [3.05, 3.63) is 34.2 Å². The maximum Gasteiger partial charge on any atom is 0.191 e. The van der Waals surface area contributed by atoms with E-state index in [2.05, 4.69) is 28.1 Å². The molecular weight excluding hydrogens is 288 g/mol. The monoisotopic (exact) mass is 310 g/mol. The zero-order chi connectivity index (χ0) is 15.7. The van der Waals surface area contributed by atoms with Gasteiger partial charge in [0.25, 0.3) is 0 Å². The summed E-state index contributed by atoms with van der Waals surface area (Å²) in [6.07, 6.45) is 8.61. The van der Waals surface area contributed by atoms with Gasteiger partial charge < -0.3 is 9.88 Å². The molecule has 2 N–H and O–H groups in total. The van der Waals surface area contributed by atoms with Crippen molar-refractivity contribution in [3.63, 3.8) is 0 Å². The maximum absolute atomic E-state index is 13.1. The Morgan fingerprint density at radius 3 is 2.61 bits per heavy atom. The summed E-state index contributed by atoms with van der Waals surface area (Å²) in [6.45, 7) is 0. The smallest absolute Gasteiger partial charge is 0.191 e. The lowest BCUT2D eigenvalue weighted by atomic mass is 9.84. The Hall–Kier alpha value is -2.01. The summed E-state index contributed by atoms with van der Waals surface area (Å²) < 4.78 is 1.98. The van der Waals surface area contributed by atoms with Gasteiger partial charge in [-0.2, -0.15) is 0 Å². The molecule has 2 saturated heterocycles. The van der Waals surface area contributed by atoms with Gasteiger partial charge in [0.15, 0.2) is 5.43 Å². The summed E-state index contributed by atoms with van der Waals surface area (Å²) >= 11 is 0. The van der Waals surface area contributed by atoms with Crippen molar-refractivity contribution < 1.29 is 0 Å². The zero-order valence-corrected chi connectivity index (χ0v) is 13.6. The van der Waals surface area contributed by atoms with Crippen molar-refractivity contribution in [3.8, 4) is 0 Å². The third kappa shape index (κ3) is 1.74. The van der Waals surface area contributed by atoms with Crippen molar-refractivity contribution in [1.29, 1.82) is 0 Å². The molecule has 23 heavy (non-hydrogen) atoms. The Morgan fingerprint density at radius 2 is 1.87 bits per heavy atom. The summed E-state index contributed by atoms with van der Waals surface area (Å²) in [6, 6.07) is 3.42. The number of hydrogen-bond acceptors (Lipinski definition) is 2. The average molecular weight is 310 g/mol. The molecule has 2 fully saturated rings. The molecule has 2 aliphatic rings. The van der Waals surface area contributed by atoms with Crippen LogP contribution in [-0.2, 0) is 7.05 Å². The van der Waals surface area contributed by atoms with E-state index in [0.29, 0.717) is 18.0 Å². The number of aromatic amines is 2. The summed E-state index contributed by atoms with van der Waals surface area (Å²) in [7, 11) is 4.23. The fourth-order valence-corrected chi connectivity index (χ4v) is 4.96. The highest BCUT2D eigenvalue weighted by molar-refractivity contribution is 6.07. The van der Waals surface area contributed by atoms with Crippen molar-refractivity contribution in [2.45, 2.75) is 43.7 Å². The van der Waals surface area contributed by atoms with Crippen LogP contribution in [0.5, 0.6) is 0 Å². The average Bonchev–Trinajstić information content (AvgIpc) is 2.95. The van der Waals surface area contributed by atoms with E-state index in [-0.39, 0.29) is 5.43 Å². The highest BCUT2D eigenvalue weighted by Crippen LogP contribution is 2.42. The highest BCUT2D eigenvalue weighted by atomic mass is 16.1. The first-order chi connectivity index (χ1) is 11.1. The Morgan fingerprint density at radius 1 is 1.13 bits per heavy atom. The lowest BCUT2D eigenvalue weighted by Gasteiger charge is -2.36. The summed E-state index contributed by atoms with van der Waals surface area (Å²) in [5, 5.41) is 5.26. The molecular formula is C18H22N4O. The van der Waals surface area contributed by atoms with Crippen molar-refractivity contribution in [1.82, 2.24) is 19.7 Å². The lowest BCUT2D eigenvalue weighted by molar-refractivity contribution is 0.161. The van der Waals surface area contributed by atoms with E-state index in [4.69, 9.17) is 0 Å². The van der Waals surface area contributed by atoms with Crippen LogP contribution in [0.2, 0.25) is 0 Å². The highest BCUT2D eigenvalue weighted by Gasteiger charge is 2.39. The minimum absolute atomic E-state index is 0.216. The Bertz CT molecular complexity index is 949. The standard InChI is InChI=1S/C18H22N4O/c1-21-11-3-4-12(21)6-10(5-11)13-7-15-17-14(18(13)23)8-19-9-16(17)22(2)20-15/h7-12,19-20H,3-6H2,1-2H3. The fraction of sp³-hybridized carbons (Fsp3) is 0.500. The molecule has 3 aromatic rings. The summed E-state index contributed by atoms with van der Waals surface area (Å²) in [4.78, 5) is 18.8. The van der Waals surface area contributed by atoms with Gasteiger partial charge in [0, 0.05) is 47.9 Å². The second-order valence-corrected chi connectivity index (χ2v) is 7.36. The number of H-pyrrole nitrogens is 2. The van der Waals surface area contributed by atoms with E-state index >= 15 is 0 Å². The van der Waals surface area contributed by atoms with Gasteiger partial charge >= 0.3 is 0 Å². The largest absolute Gasteiger partial charge is 0.365 e. The first kappa shape index (κ1) is 13.4. The maximum atomic E-state index is 13.1. The first-order valence-electron chi connectivity index (χ1n) is 8.53. The minimum Gasteiger partial charge on any atom is -0.365 e. The Kier molecular flexibility index (Phi) is 2.63. The van der Waals surface area contributed by atoms with E-state index in [9.17, 15) is 4.79 Å². The van der Waals surface area contributed by atoms with Crippen molar-refractivity contribution >= 4 is 21.8 Å². The molecule has 5 rings (SSSR count). The first-order valence-corrected chi connectivity index (χ1v) is 8.53. The van der Waals surface area contributed by atoms with Crippen LogP contribution in [0, 0.1) is 0 Å². The molecule has 1 aromatic carbocycles. The topological polar surface area (TPSA) is 56.8 Å². The van der Waals surface area contributed by atoms with Crippen LogP contribution in [0.15, 0.2) is 23.3 Å². The SMILES string of the molecule is CN1C2CCC1CC(c1cc3[nH]n(C)c4c[nH]cc(c1=O)c34)C2. The van der Waals surface area contributed by atoms with E-state index < -0.39 is 0 Å². The van der Waals surface area contributed by atoms with Gasteiger partial charge in [-0.25, -0.2) is 0 Å². The second kappa shape index (κ2) is 4.51. The Balaban J connectivity index is 1.71. The van der Waals surface area contributed by atoms with E-state index in [1.54, 1.807) is 0 Å². The van der Waals surface area contributed by atoms with Gasteiger partial charge in [0.1, 0.15) is 0 Å². The van der Waals surface area contributed by atoms with Gasteiger partial charge in [-0.1, -0.05) is 0 Å². The third-order valence-corrected chi connectivity index (χ3v) is 6.24. The minimum atomic E-state index is 0.216. The molecule has 5 heteroatoms. The van der Waals surface area contributed by atoms with Crippen LogP contribution < -0.4 is 5.43 Å². The third-order valence-electron chi connectivity index (χ3n) is 6.24. The number of aryl methyl sites for hydroxylation is 1. The fourth-order valence-electron chi connectivity index (χ4n) is 4.96. The summed E-state index contributed by atoms with van der Waals surface area (Å²) in [5.74, 6) is 0.396. The number of nitrogens with zero attached hydrogens (tertiary/aromatic N) is 2. The quantitative estimate of drug-likeness (QED) is 0.726. The van der Waals surface area contributed by atoms with Crippen molar-refractivity contribution in [2.24, 2.45) is 7.05 Å². The van der Waals surface area contributed by atoms with Gasteiger partial charge in [-0.15, -0.1) is 0 Å². The summed E-state index contributed by atoms with van der Waals surface area (Å²) in [5.41, 5.74) is 3.34. The lowest BCUT2D eigenvalue weighted by Crippen LogP contribution is -2.40. The van der Waals surface area contributed by atoms with E-state index in [0.717, 1.165) is 40.2 Å².